The molecule has 1 heterocycles. The van der Waals surface area contributed by atoms with E-state index in [0.717, 1.165) is 25.7 Å². The molecule has 112 valence electrons. The number of nitrogens with zero attached hydrogens (tertiary/aromatic N) is 1. The Kier molecular flexibility index (Phi) is 4.86. The van der Waals surface area contributed by atoms with E-state index >= 15 is 0 Å². The van der Waals surface area contributed by atoms with Gasteiger partial charge in [0, 0.05) is 17.5 Å². The number of carbonyl (C=O) groups is 1. The van der Waals surface area contributed by atoms with Gasteiger partial charge in [-0.25, -0.2) is 0 Å². The summed E-state index contributed by atoms with van der Waals surface area (Å²) in [5.74, 6) is 0.0529. The molecule has 20 heavy (non-hydrogen) atoms. The lowest BCUT2D eigenvalue weighted by molar-refractivity contribution is -0.153. The molecule has 1 N–H and O–H groups in total. The number of hydrogen-bond acceptors (Lipinski definition) is 3. The van der Waals surface area contributed by atoms with E-state index in [1.165, 1.54) is 4.88 Å². The molecule has 1 atom stereocenters. The molecule has 3 nitrogen and oxygen atoms in total. The number of aliphatic carboxylic acids is 1. The first-order valence-corrected chi connectivity index (χ1v) is 8.29. The summed E-state index contributed by atoms with van der Waals surface area (Å²) in [6.07, 6.45) is 3.69. The quantitative estimate of drug-likeness (QED) is 0.892. The molecule has 1 saturated carbocycles. The molecule has 0 saturated heterocycles. The molecular weight excluding hydrogens is 270 g/mol. The van der Waals surface area contributed by atoms with Gasteiger partial charge in [-0.15, -0.1) is 11.3 Å². The van der Waals surface area contributed by atoms with Crippen molar-refractivity contribution in [2.24, 2.45) is 11.3 Å². The van der Waals surface area contributed by atoms with Gasteiger partial charge in [-0.1, -0.05) is 13.0 Å². The van der Waals surface area contributed by atoms with E-state index < -0.39 is 11.4 Å². The Hall–Kier alpha value is -0.870. The molecular formula is C16H25NO2S. The number of carboxylic acid groups (broad SMARTS) is 1. The van der Waals surface area contributed by atoms with Crippen LogP contribution in [0.4, 0.5) is 0 Å². The second kappa shape index (κ2) is 6.27. The van der Waals surface area contributed by atoms with E-state index in [-0.39, 0.29) is 6.04 Å². The van der Waals surface area contributed by atoms with Crippen LogP contribution in [0.2, 0.25) is 0 Å². The number of hydrogen-bond donors (Lipinski definition) is 1. The minimum absolute atomic E-state index is 0.283. The third-order valence-corrected chi connectivity index (χ3v) is 5.90. The molecule has 1 aliphatic rings. The van der Waals surface area contributed by atoms with E-state index in [9.17, 15) is 9.90 Å². The summed E-state index contributed by atoms with van der Waals surface area (Å²) >= 11 is 1.74. The first-order valence-electron chi connectivity index (χ1n) is 7.42. The van der Waals surface area contributed by atoms with Crippen molar-refractivity contribution < 1.29 is 9.90 Å². The van der Waals surface area contributed by atoms with Gasteiger partial charge in [0.1, 0.15) is 0 Å². The van der Waals surface area contributed by atoms with Gasteiger partial charge in [0.15, 0.2) is 0 Å². The van der Waals surface area contributed by atoms with Crippen LogP contribution in [0.5, 0.6) is 0 Å². The minimum Gasteiger partial charge on any atom is -0.481 e. The molecule has 1 aromatic rings. The van der Waals surface area contributed by atoms with E-state index in [2.05, 4.69) is 36.3 Å². The summed E-state index contributed by atoms with van der Waals surface area (Å²) in [6, 6.07) is 4.47. The van der Waals surface area contributed by atoms with Gasteiger partial charge in [-0.05, 0) is 57.0 Å². The molecule has 2 rings (SSSR count). The van der Waals surface area contributed by atoms with Gasteiger partial charge < -0.3 is 5.11 Å². The summed E-state index contributed by atoms with van der Waals surface area (Å²) in [6.45, 7) is 5.03. The fourth-order valence-corrected chi connectivity index (χ4v) is 3.96. The molecule has 0 bridgehead atoms. The van der Waals surface area contributed by atoms with Crippen molar-refractivity contribution in [1.82, 2.24) is 4.90 Å². The predicted octanol–water partition coefficient (Wildman–Crippen LogP) is 4.02. The zero-order valence-corrected chi connectivity index (χ0v) is 13.4. The first-order chi connectivity index (χ1) is 9.44. The third kappa shape index (κ3) is 3.23. The van der Waals surface area contributed by atoms with Gasteiger partial charge in [0.2, 0.25) is 0 Å². The fourth-order valence-electron chi connectivity index (χ4n) is 3.11. The lowest BCUT2D eigenvalue weighted by Gasteiger charge is -2.40. The average Bonchev–Trinajstić information content (AvgIpc) is 2.94. The van der Waals surface area contributed by atoms with E-state index in [0.29, 0.717) is 12.5 Å². The molecule has 0 spiro atoms. The average molecular weight is 295 g/mol. The van der Waals surface area contributed by atoms with Crippen LogP contribution in [-0.2, 0) is 4.79 Å². The summed E-state index contributed by atoms with van der Waals surface area (Å²) in [7, 11) is 2.05. The maximum Gasteiger partial charge on any atom is 0.310 e. The van der Waals surface area contributed by atoms with Gasteiger partial charge >= 0.3 is 5.97 Å². The largest absolute Gasteiger partial charge is 0.481 e. The normalized spacial score (nSPS) is 28.5. The predicted molar refractivity (Wildman–Crippen MR) is 83.1 cm³/mol. The van der Waals surface area contributed by atoms with Crippen LogP contribution in [0.3, 0.4) is 0 Å². The second-order valence-corrected chi connectivity index (χ2v) is 7.35. The first kappa shape index (κ1) is 15.5. The van der Waals surface area contributed by atoms with Crippen molar-refractivity contribution in [3.63, 3.8) is 0 Å². The number of carboxylic acids is 1. The molecule has 4 heteroatoms. The molecule has 1 unspecified atom stereocenters. The SMILES string of the molecule is CC1CCC(CN(C)C(C)c2cccs2)(C(=O)O)CC1. The summed E-state index contributed by atoms with van der Waals surface area (Å²) in [5, 5.41) is 11.8. The fraction of sp³-hybridized carbons (Fsp3) is 0.688. The van der Waals surface area contributed by atoms with Crippen LogP contribution < -0.4 is 0 Å². The van der Waals surface area contributed by atoms with E-state index in [4.69, 9.17) is 0 Å². The summed E-state index contributed by atoms with van der Waals surface area (Å²) in [5.41, 5.74) is -0.549. The van der Waals surface area contributed by atoms with Crippen LogP contribution in [0, 0.1) is 11.3 Å². The molecule has 1 aliphatic carbocycles. The molecule has 0 radical (unpaired) electrons. The number of rotatable bonds is 5. The zero-order valence-electron chi connectivity index (χ0n) is 12.6. The minimum atomic E-state index is -0.616. The lowest BCUT2D eigenvalue weighted by atomic mass is 9.70. The smallest absolute Gasteiger partial charge is 0.310 e. The Bertz CT molecular complexity index is 435. The Morgan fingerprint density at radius 3 is 2.70 bits per heavy atom. The van der Waals surface area contributed by atoms with Gasteiger partial charge in [-0.3, -0.25) is 9.69 Å². The lowest BCUT2D eigenvalue weighted by Crippen LogP contribution is -2.44. The number of thiophene rings is 1. The molecule has 0 amide bonds. The van der Waals surface area contributed by atoms with Crippen molar-refractivity contribution in [2.45, 2.75) is 45.6 Å². The molecule has 1 aromatic heterocycles. The molecule has 0 aromatic carbocycles. The van der Waals surface area contributed by atoms with Crippen LogP contribution in [0.15, 0.2) is 17.5 Å². The summed E-state index contributed by atoms with van der Waals surface area (Å²) < 4.78 is 0. The molecule has 0 aliphatic heterocycles. The third-order valence-electron chi connectivity index (χ3n) is 4.85. The van der Waals surface area contributed by atoms with Crippen molar-refractivity contribution in [3.8, 4) is 0 Å². The molecule has 1 fully saturated rings. The zero-order chi connectivity index (χ0) is 14.8. The highest BCUT2D eigenvalue weighted by atomic mass is 32.1. The highest BCUT2D eigenvalue weighted by molar-refractivity contribution is 7.10. The Balaban J connectivity index is 2.06. The monoisotopic (exact) mass is 295 g/mol. The van der Waals surface area contributed by atoms with Crippen LogP contribution in [0.1, 0.15) is 50.4 Å². The van der Waals surface area contributed by atoms with Crippen LogP contribution in [-0.4, -0.2) is 29.6 Å². The van der Waals surface area contributed by atoms with Crippen molar-refractivity contribution >= 4 is 17.3 Å². The Morgan fingerprint density at radius 2 is 2.20 bits per heavy atom. The maximum atomic E-state index is 11.8. The Labute approximate surface area is 125 Å². The Morgan fingerprint density at radius 1 is 1.55 bits per heavy atom. The topological polar surface area (TPSA) is 40.5 Å². The highest BCUT2D eigenvalue weighted by Crippen LogP contribution is 2.41. The van der Waals surface area contributed by atoms with Crippen molar-refractivity contribution in [3.05, 3.63) is 22.4 Å². The highest BCUT2D eigenvalue weighted by Gasteiger charge is 2.42. The van der Waals surface area contributed by atoms with Crippen molar-refractivity contribution in [2.75, 3.05) is 13.6 Å². The van der Waals surface area contributed by atoms with Gasteiger partial charge in [0.05, 0.1) is 5.41 Å². The van der Waals surface area contributed by atoms with Gasteiger partial charge in [-0.2, -0.15) is 0 Å². The van der Waals surface area contributed by atoms with Crippen LogP contribution >= 0.6 is 11.3 Å². The maximum absolute atomic E-state index is 11.8. The standard InChI is InChI=1S/C16H25NO2S/c1-12-6-8-16(9-7-12,15(18)19)11-17(3)13(2)14-5-4-10-20-14/h4-5,10,12-13H,6-9,11H2,1-3H3,(H,18,19). The summed E-state index contributed by atoms with van der Waals surface area (Å²) in [4.78, 5) is 15.3. The van der Waals surface area contributed by atoms with Crippen LogP contribution in [0.25, 0.3) is 0 Å². The second-order valence-electron chi connectivity index (χ2n) is 6.37. The van der Waals surface area contributed by atoms with Crippen molar-refractivity contribution in [1.29, 1.82) is 0 Å². The van der Waals surface area contributed by atoms with Gasteiger partial charge in [0.25, 0.3) is 0 Å². The van der Waals surface area contributed by atoms with E-state index in [1.54, 1.807) is 11.3 Å². The van der Waals surface area contributed by atoms with E-state index in [1.807, 2.05) is 7.05 Å².